The Hall–Kier alpha value is -1.84. The van der Waals surface area contributed by atoms with Crippen molar-refractivity contribution in [2.24, 2.45) is 4.99 Å². The van der Waals surface area contributed by atoms with Gasteiger partial charge in [0, 0.05) is 38.0 Å². The fraction of sp³-hybridized carbons (Fsp3) is 0.500. The van der Waals surface area contributed by atoms with Crippen LogP contribution in [0.25, 0.3) is 0 Å². The lowest BCUT2D eigenvalue weighted by molar-refractivity contribution is 0.371. The molecule has 0 radical (unpaired) electrons. The molecule has 8 heteroatoms. The Kier molecular flexibility index (Phi) is 9.39. The highest BCUT2D eigenvalue weighted by molar-refractivity contribution is 14.0. The zero-order valence-corrected chi connectivity index (χ0v) is 18.3. The van der Waals surface area contributed by atoms with E-state index in [0.717, 1.165) is 17.1 Å². The molecule has 1 aromatic heterocycles. The molecule has 0 saturated carbocycles. The van der Waals surface area contributed by atoms with E-state index in [-0.39, 0.29) is 29.9 Å². The van der Waals surface area contributed by atoms with Crippen LogP contribution in [-0.2, 0) is 13.0 Å². The van der Waals surface area contributed by atoms with Gasteiger partial charge in [0.1, 0.15) is 5.75 Å². The summed E-state index contributed by atoms with van der Waals surface area (Å²) >= 11 is 0. The van der Waals surface area contributed by atoms with Gasteiger partial charge in [0.25, 0.3) is 0 Å². The lowest BCUT2D eigenvalue weighted by atomic mass is 10.1. The SMILES string of the molecule is CN=C(NCCc1nc(C(C)C)no1)NCc1ccc(C)cc1OC.I. The number of halogens is 1. The maximum Gasteiger partial charge on any atom is 0.228 e. The summed E-state index contributed by atoms with van der Waals surface area (Å²) in [5.41, 5.74) is 2.25. The minimum Gasteiger partial charge on any atom is -0.496 e. The first-order valence-electron chi connectivity index (χ1n) is 8.44. The van der Waals surface area contributed by atoms with E-state index in [2.05, 4.69) is 37.9 Å². The van der Waals surface area contributed by atoms with Crippen molar-refractivity contribution >= 4 is 29.9 Å². The molecule has 0 aliphatic carbocycles. The number of guanidine groups is 1. The molecule has 2 aromatic rings. The molecule has 0 spiro atoms. The van der Waals surface area contributed by atoms with Gasteiger partial charge in [0.05, 0.1) is 7.11 Å². The van der Waals surface area contributed by atoms with Crippen LogP contribution in [0.2, 0.25) is 0 Å². The van der Waals surface area contributed by atoms with Crippen molar-refractivity contribution in [1.82, 2.24) is 20.8 Å². The summed E-state index contributed by atoms with van der Waals surface area (Å²) in [5.74, 6) is 3.22. The summed E-state index contributed by atoms with van der Waals surface area (Å²) in [6.07, 6.45) is 0.647. The normalized spacial score (nSPS) is 11.2. The number of aliphatic imine (C=N–C) groups is 1. The van der Waals surface area contributed by atoms with Crippen molar-refractivity contribution in [3.8, 4) is 5.75 Å². The molecule has 0 aliphatic rings. The van der Waals surface area contributed by atoms with E-state index in [1.807, 2.05) is 26.8 Å². The first-order chi connectivity index (χ1) is 12.0. The summed E-state index contributed by atoms with van der Waals surface area (Å²) in [5, 5.41) is 10.5. The predicted octanol–water partition coefficient (Wildman–Crippen LogP) is 3.04. The average molecular weight is 473 g/mol. The van der Waals surface area contributed by atoms with E-state index in [1.54, 1.807) is 14.2 Å². The molecule has 144 valence electrons. The summed E-state index contributed by atoms with van der Waals surface area (Å²) < 4.78 is 10.7. The van der Waals surface area contributed by atoms with Crippen LogP contribution in [0.1, 0.15) is 42.6 Å². The third-order valence-corrected chi connectivity index (χ3v) is 3.74. The Morgan fingerprint density at radius 1 is 1.31 bits per heavy atom. The van der Waals surface area contributed by atoms with Crippen LogP contribution in [0, 0.1) is 6.92 Å². The summed E-state index contributed by atoms with van der Waals surface area (Å²) in [4.78, 5) is 8.59. The topological polar surface area (TPSA) is 84.6 Å². The zero-order chi connectivity index (χ0) is 18.2. The van der Waals surface area contributed by atoms with Crippen molar-refractivity contribution in [3.05, 3.63) is 41.0 Å². The van der Waals surface area contributed by atoms with Crippen LogP contribution in [0.5, 0.6) is 5.75 Å². The molecule has 0 atom stereocenters. The van der Waals surface area contributed by atoms with Gasteiger partial charge in [-0.15, -0.1) is 24.0 Å². The van der Waals surface area contributed by atoms with E-state index >= 15 is 0 Å². The fourth-order valence-electron chi connectivity index (χ4n) is 2.29. The van der Waals surface area contributed by atoms with Gasteiger partial charge in [0.15, 0.2) is 11.8 Å². The Labute approximate surface area is 172 Å². The smallest absolute Gasteiger partial charge is 0.228 e. The number of benzene rings is 1. The van der Waals surface area contributed by atoms with Crippen LogP contribution in [0.15, 0.2) is 27.7 Å². The van der Waals surface area contributed by atoms with Crippen molar-refractivity contribution in [3.63, 3.8) is 0 Å². The minimum absolute atomic E-state index is 0. The van der Waals surface area contributed by atoms with E-state index < -0.39 is 0 Å². The van der Waals surface area contributed by atoms with Crippen LogP contribution < -0.4 is 15.4 Å². The number of hydrogen-bond donors (Lipinski definition) is 2. The number of ether oxygens (including phenoxy) is 1. The third kappa shape index (κ3) is 6.47. The van der Waals surface area contributed by atoms with E-state index in [9.17, 15) is 0 Å². The van der Waals surface area contributed by atoms with Crippen molar-refractivity contribution in [2.45, 2.75) is 39.7 Å². The molecule has 0 bridgehead atoms. The molecular weight excluding hydrogens is 445 g/mol. The van der Waals surface area contributed by atoms with Gasteiger partial charge in [-0.05, 0) is 18.6 Å². The summed E-state index contributed by atoms with van der Waals surface area (Å²) in [6.45, 7) is 7.41. The maximum absolute atomic E-state index is 5.42. The second-order valence-corrected chi connectivity index (χ2v) is 6.12. The van der Waals surface area contributed by atoms with Crippen LogP contribution >= 0.6 is 24.0 Å². The van der Waals surface area contributed by atoms with E-state index in [1.165, 1.54) is 5.56 Å². The molecule has 2 N–H and O–H groups in total. The lowest BCUT2D eigenvalue weighted by Crippen LogP contribution is -2.38. The monoisotopic (exact) mass is 473 g/mol. The van der Waals surface area contributed by atoms with Gasteiger partial charge < -0.3 is 19.9 Å². The molecule has 0 amide bonds. The minimum atomic E-state index is 0. The molecule has 1 heterocycles. The van der Waals surface area contributed by atoms with E-state index in [0.29, 0.717) is 31.4 Å². The van der Waals surface area contributed by atoms with E-state index in [4.69, 9.17) is 9.26 Å². The van der Waals surface area contributed by atoms with Crippen LogP contribution in [0.3, 0.4) is 0 Å². The quantitative estimate of drug-likeness (QED) is 0.366. The average Bonchev–Trinajstić information content (AvgIpc) is 3.07. The van der Waals surface area contributed by atoms with Gasteiger partial charge in [-0.2, -0.15) is 4.98 Å². The van der Waals surface area contributed by atoms with Gasteiger partial charge in [-0.25, -0.2) is 0 Å². The van der Waals surface area contributed by atoms with Crippen LogP contribution in [0.4, 0.5) is 0 Å². The highest BCUT2D eigenvalue weighted by atomic mass is 127. The highest BCUT2D eigenvalue weighted by Crippen LogP contribution is 2.19. The lowest BCUT2D eigenvalue weighted by Gasteiger charge is -2.13. The number of nitrogens with one attached hydrogen (secondary N) is 2. The fourth-order valence-corrected chi connectivity index (χ4v) is 2.29. The van der Waals surface area contributed by atoms with Crippen molar-refractivity contribution in [1.29, 1.82) is 0 Å². The molecule has 7 nitrogen and oxygen atoms in total. The van der Waals surface area contributed by atoms with Gasteiger partial charge >= 0.3 is 0 Å². The molecule has 0 saturated heterocycles. The molecule has 0 unspecified atom stereocenters. The first-order valence-corrected chi connectivity index (χ1v) is 8.44. The summed E-state index contributed by atoms with van der Waals surface area (Å²) in [7, 11) is 3.42. The molecule has 0 fully saturated rings. The Bertz CT molecular complexity index is 715. The highest BCUT2D eigenvalue weighted by Gasteiger charge is 2.10. The van der Waals surface area contributed by atoms with Crippen molar-refractivity contribution < 1.29 is 9.26 Å². The van der Waals surface area contributed by atoms with Gasteiger partial charge in [0.2, 0.25) is 5.89 Å². The standard InChI is InChI=1S/C18H27N5O2.HI/c1-12(2)17-22-16(25-23-17)8-9-20-18(19-4)21-11-14-7-6-13(3)10-15(14)24-5;/h6-7,10,12H,8-9,11H2,1-5H3,(H2,19,20,21);1H. The Morgan fingerprint density at radius 2 is 2.08 bits per heavy atom. The predicted molar refractivity (Wildman–Crippen MR) is 113 cm³/mol. The molecular formula is C18H28IN5O2. The second kappa shape index (κ2) is 11.0. The molecule has 1 aromatic carbocycles. The maximum atomic E-state index is 5.42. The number of aryl methyl sites for hydroxylation is 1. The van der Waals surface area contributed by atoms with Crippen molar-refractivity contribution in [2.75, 3.05) is 20.7 Å². The number of aromatic nitrogens is 2. The number of nitrogens with zero attached hydrogens (tertiary/aromatic N) is 3. The Morgan fingerprint density at radius 3 is 2.69 bits per heavy atom. The second-order valence-electron chi connectivity index (χ2n) is 6.12. The largest absolute Gasteiger partial charge is 0.496 e. The molecule has 26 heavy (non-hydrogen) atoms. The summed E-state index contributed by atoms with van der Waals surface area (Å²) in [6, 6.07) is 6.15. The van der Waals surface area contributed by atoms with Gasteiger partial charge in [-0.3, -0.25) is 4.99 Å². The van der Waals surface area contributed by atoms with Crippen LogP contribution in [-0.4, -0.2) is 36.8 Å². The van der Waals surface area contributed by atoms with Gasteiger partial charge in [-0.1, -0.05) is 31.1 Å². The zero-order valence-electron chi connectivity index (χ0n) is 16.0. The number of rotatable bonds is 7. The first kappa shape index (κ1) is 22.2. The number of hydrogen-bond acceptors (Lipinski definition) is 5. The molecule has 0 aliphatic heterocycles. The molecule has 2 rings (SSSR count). The third-order valence-electron chi connectivity index (χ3n) is 3.74. The number of methoxy groups -OCH3 is 1. The Balaban J connectivity index is 0.00000338.